The fraction of sp³-hybridized carbons (Fsp3) is 0.529. The summed E-state index contributed by atoms with van der Waals surface area (Å²) in [6.45, 7) is 2.92. The lowest BCUT2D eigenvalue weighted by Crippen LogP contribution is -2.35. The van der Waals surface area contributed by atoms with E-state index >= 15 is 0 Å². The van der Waals surface area contributed by atoms with E-state index in [2.05, 4.69) is 17.6 Å². The van der Waals surface area contributed by atoms with Gasteiger partial charge in [-0.3, -0.25) is 4.79 Å². The van der Waals surface area contributed by atoms with Crippen LogP contribution in [0.4, 0.5) is 5.69 Å². The van der Waals surface area contributed by atoms with Crippen molar-refractivity contribution in [3.05, 3.63) is 24.3 Å². The monoisotopic (exact) mass is 320 g/mol. The summed E-state index contributed by atoms with van der Waals surface area (Å²) in [5.41, 5.74) is 0.826. The maximum Gasteiger partial charge on any atom is 0.229 e. The highest BCUT2D eigenvalue weighted by Crippen LogP contribution is 2.28. The minimum atomic E-state index is 0.0147. The first kappa shape index (κ1) is 16.7. The van der Waals surface area contributed by atoms with Crippen LogP contribution in [0.15, 0.2) is 24.3 Å². The van der Waals surface area contributed by atoms with Gasteiger partial charge in [0.05, 0.1) is 6.61 Å². The number of rotatable bonds is 8. The SMILES string of the molecule is CCCCCCOc1cccc(NC(=S)NC(=O)C2CC2)c1. The number of ether oxygens (including phenoxy) is 1. The Morgan fingerprint density at radius 3 is 2.86 bits per heavy atom. The molecule has 22 heavy (non-hydrogen) atoms. The van der Waals surface area contributed by atoms with Gasteiger partial charge in [-0.05, 0) is 43.6 Å². The molecule has 1 aromatic carbocycles. The van der Waals surface area contributed by atoms with E-state index in [1.807, 2.05) is 24.3 Å². The van der Waals surface area contributed by atoms with E-state index in [4.69, 9.17) is 17.0 Å². The zero-order chi connectivity index (χ0) is 15.8. The van der Waals surface area contributed by atoms with Crippen molar-refractivity contribution in [3.63, 3.8) is 0 Å². The molecule has 1 aliphatic carbocycles. The van der Waals surface area contributed by atoms with Crippen LogP contribution in [0.2, 0.25) is 0 Å². The van der Waals surface area contributed by atoms with Gasteiger partial charge in [0.15, 0.2) is 5.11 Å². The van der Waals surface area contributed by atoms with Gasteiger partial charge in [0, 0.05) is 17.7 Å². The maximum absolute atomic E-state index is 11.6. The van der Waals surface area contributed by atoms with Gasteiger partial charge in [-0.15, -0.1) is 0 Å². The van der Waals surface area contributed by atoms with Gasteiger partial charge >= 0.3 is 0 Å². The quantitative estimate of drug-likeness (QED) is 0.564. The van der Waals surface area contributed by atoms with Crippen LogP contribution in [0.25, 0.3) is 0 Å². The number of hydrogen-bond acceptors (Lipinski definition) is 3. The third-order valence-corrected chi connectivity index (χ3v) is 3.75. The number of carbonyl (C=O) groups excluding carboxylic acids is 1. The first-order valence-electron chi connectivity index (χ1n) is 8.03. The van der Waals surface area contributed by atoms with E-state index in [0.29, 0.717) is 5.11 Å². The standard InChI is InChI=1S/C17H24N2O2S/c1-2-3-4-5-11-21-15-8-6-7-14(12-15)18-17(22)19-16(20)13-9-10-13/h6-8,12-13H,2-5,9-11H2,1H3,(H2,18,19,20,22). The van der Waals surface area contributed by atoms with E-state index in [-0.39, 0.29) is 11.8 Å². The molecule has 1 aromatic rings. The molecular formula is C17H24N2O2S. The molecule has 0 spiro atoms. The van der Waals surface area contributed by atoms with Crippen molar-refractivity contribution >= 4 is 28.9 Å². The van der Waals surface area contributed by atoms with E-state index in [1.54, 1.807) is 0 Å². The molecule has 2 rings (SSSR count). The number of carbonyl (C=O) groups is 1. The highest BCUT2D eigenvalue weighted by molar-refractivity contribution is 7.80. The molecule has 0 radical (unpaired) electrons. The molecule has 0 aliphatic heterocycles. The maximum atomic E-state index is 11.6. The van der Waals surface area contributed by atoms with Crippen molar-refractivity contribution in [3.8, 4) is 5.75 Å². The third kappa shape index (κ3) is 6.02. The number of thiocarbonyl (C=S) groups is 1. The van der Waals surface area contributed by atoms with Crippen molar-refractivity contribution < 1.29 is 9.53 Å². The molecule has 5 heteroatoms. The fourth-order valence-corrected chi connectivity index (χ4v) is 2.32. The molecule has 1 amide bonds. The van der Waals surface area contributed by atoms with Crippen LogP contribution in [-0.2, 0) is 4.79 Å². The van der Waals surface area contributed by atoms with Crippen LogP contribution < -0.4 is 15.4 Å². The van der Waals surface area contributed by atoms with E-state index in [0.717, 1.165) is 37.3 Å². The summed E-state index contributed by atoms with van der Waals surface area (Å²) in [4.78, 5) is 11.6. The number of benzene rings is 1. The number of hydrogen-bond donors (Lipinski definition) is 2. The summed E-state index contributed by atoms with van der Waals surface area (Å²) < 4.78 is 5.73. The molecule has 1 fully saturated rings. The van der Waals surface area contributed by atoms with Crippen molar-refractivity contribution in [1.82, 2.24) is 5.32 Å². The molecule has 2 N–H and O–H groups in total. The van der Waals surface area contributed by atoms with Crippen LogP contribution >= 0.6 is 12.2 Å². The molecule has 0 bridgehead atoms. The largest absolute Gasteiger partial charge is 0.494 e. The summed E-state index contributed by atoms with van der Waals surface area (Å²) in [6, 6.07) is 7.64. The number of amides is 1. The molecule has 0 unspecified atom stereocenters. The van der Waals surface area contributed by atoms with Gasteiger partial charge in [0.25, 0.3) is 0 Å². The van der Waals surface area contributed by atoms with E-state index in [9.17, 15) is 4.79 Å². The molecule has 0 saturated heterocycles. The van der Waals surface area contributed by atoms with Crippen molar-refractivity contribution in [2.24, 2.45) is 5.92 Å². The van der Waals surface area contributed by atoms with Crippen LogP contribution in [0.5, 0.6) is 5.75 Å². The van der Waals surface area contributed by atoms with Crippen LogP contribution in [0, 0.1) is 5.92 Å². The second-order valence-corrected chi connectivity index (χ2v) is 6.06. The average molecular weight is 320 g/mol. The first-order valence-corrected chi connectivity index (χ1v) is 8.44. The molecule has 1 saturated carbocycles. The second-order valence-electron chi connectivity index (χ2n) is 5.65. The van der Waals surface area contributed by atoms with Crippen molar-refractivity contribution in [2.45, 2.75) is 45.4 Å². The summed E-state index contributed by atoms with van der Waals surface area (Å²) in [5, 5.41) is 6.09. The fourth-order valence-electron chi connectivity index (χ4n) is 2.10. The smallest absolute Gasteiger partial charge is 0.229 e. The zero-order valence-electron chi connectivity index (χ0n) is 13.1. The van der Waals surface area contributed by atoms with Gasteiger partial charge in [-0.1, -0.05) is 32.3 Å². The Kier molecular flexibility index (Phi) is 6.65. The second kappa shape index (κ2) is 8.73. The lowest BCUT2D eigenvalue weighted by atomic mass is 10.2. The topological polar surface area (TPSA) is 50.4 Å². The predicted molar refractivity (Wildman–Crippen MR) is 93.2 cm³/mol. The van der Waals surface area contributed by atoms with Gasteiger partial charge in [-0.2, -0.15) is 0 Å². The van der Waals surface area contributed by atoms with Gasteiger partial charge in [-0.25, -0.2) is 0 Å². The highest BCUT2D eigenvalue weighted by atomic mass is 32.1. The summed E-state index contributed by atoms with van der Waals surface area (Å²) in [6.07, 6.45) is 6.68. The molecule has 0 heterocycles. The number of nitrogens with one attached hydrogen (secondary N) is 2. The molecular weight excluding hydrogens is 296 g/mol. The molecule has 4 nitrogen and oxygen atoms in total. The Morgan fingerprint density at radius 2 is 2.14 bits per heavy atom. The van der Waals surface area contributed by atoms with Crippen LogP contribution in [0.3, 0.4) is 0 Å². The normalized spacial score (nSPS) is 13.5. The minimum absolute atomic E-state index is 0.0147. The van der Waals surface area contributed by atoms with Crippen molar-refractivity contribution in [1.29, 1.82) is 0 Å². The van der Waals surface area contributed by atoms with E-state index < -0.39 is 0 Å². The third-order valence-electron chi connectivity index (χ3n) is 3.54. The minimum Gasteiger partial charge on any atom is -0.494 e. The Hall–Kier alpha value is -1.62. The molecule has 0 aromatic heterocycles. The lowest BCUT2D eigenvalue weighted by molar-refractivity contribution is -0.120. The number of anilines is 1. The zero-order valence-corrected chi connectivity index (χ0v) is 13.9. The van der Waals surface area contributed by atoms with Gasteiger partial charge in [0.1, 0.15) is 5.75 Å². The summed E-state index contributed by atoms with van der Waals surface area (Å²) in [7, 11) is 0. The lowest BCUT2D eigenvalue weighted by Gasteiger charge is -2.11. The van der Waals surface area contributed by atoms with E-state index in [1.165, 1.54) is 19.3 Å². The average Bonchev–Trinajstić information content (AvgIpc) is 3.32. The molecule has 0 atom stereocenters. The Labute approximate surface area is 137 Å². The summed E-state index contributed by atoms with van der Waals surface area (Å²) >= 11 is 5.15. The van der Waals surface area contributed by atoms with Gasteiger partial charge < -0.3 is 15.4 Å². The Bertz CT molecular complexity index is 515. The Morgan fingerprint density at radius 1 is 1.32 bits per heavy atom. The summed E-state index contributed by atoms with van der Waals surface area (Å²) in [5.74, 6) is 0.983. The van der Waals surface area contributed by atoms with Gasteiger partial charge in [0.2, 0.25) is 5.91 Å². The van der Waals surface area contributed by atoms with Crippen molar-refractivity contribution in [2.75, 3.05) is 11.9 Å². The van der Waals surface area contributed by atoms with Crippen LogP contribution in [0.1, 0.15) is 45.4 Å². The molecule has 120 valence electrons. The highest BCUT2D eigenvalue weighted by Gasteiger charge is 2.29. The number of unbranched alkanes of at least 4 members (excludes halogenated alkanes) is 3. The Balaban J connectivity index is 1.75. The van der Waals surface area contributed by atoms with Crippen LogP contribution in [-0.4, -0.2) is 17.6 Å². The predicted octanol–water partition coefficient (Wildman–Crippen LogP) is 3.87. The molecule has 1 aliphatic rings. The first-order chi connectivity index (χ1) is 10.7.